The van der Waals surface area contributed by atoms with Gasteiger partial charge in [-0.05, 0) is 48.9 Å². The van der Waals surface area contributed by atoms with Crippen LogP contribution in [0.2, 0.25) is 5.02 Å². The molecule has 4 nitrogen and oxygen atoms in total. The van der Waals surface area contributed by atoms with Gasteiger partial charge in [-0.2, -0.15) is 0 Å². The zero-order valence-corrected chi connectivity index (χ0v) is 14.1. The lowest BCUT2D eigenvalue weighted by atomic mass is 10.2. The molecule has 2 rings (SSSR count). The monoisotopic (exact) mass is 330 g/mol. The van der Waals surface area contributed by atoms with Crippen LogP contribution in [0.3, 0.4) is 0 Å². The third-order valence-corrected chi connectivity index (χ3v) is 5.76. The van der Waals surface area contributed by atoms with E-state index in [0.717, 1.165) is 24.9 Å². The molecule has 1 aliphatic carbocycles. The Hall–Kier alpha value is -0.620. The topological polar surface area (TPSA) is 58.2 Å². The summed E-state index contributed by atoms with van der Waals surface area (Å²) >= 11 is 6.06. The minimum Gasteiger partial charge on any atom is -0.313 e. The van der Waals surface area contributed by atoms with Crippen molar-refractivity contribution < 1.29 is 8.42 Å². The average Bonchev–Trinajstić information content (AvgIpc) is 3.15. The molecule has 0 heterocycles. The molecule has 118 valence electrons. The fraction of sp³-hybridized carbons (Fsp3) is 0.600. The van der Waals surface area contributed by atoms with E-state index in [2.05, 4.69) is 23.9 Å². The van der Waals surface area contributed by atoms with Gasteiger partial charge in [0.2, 0.25) is 10.0 Å². The van der Waals surface area contributed by atoms with Gasteiger partial charge in [-0.3, -0.25) is 0 Å². The molecule has 0 aromatic heterocycles. The van der Waals surface area contributed by atoms with E-state index in [-0.39, 0.29) is 9.92 Å². The summed E-state index contributed by atoms with van der Waals surface area (Å²) in [5.41, 5.74) is 0.924. The fourth-order valence-corrected chi connectivity index (χ4v) is 3.89. The molecule has 0 radical (unpaired) electrons. The van der Waals surface area contributed by atoms with Gasteiger partial charge < -0.3 is 5.32 Å². The summed E-state index contributed by atoms with van der Waals surface area (Å²) in [6.07, 6.45) is 2.14. The minimum absolute atomic E-state index is 0.174. The highest BCUT2D eigenvalue weighted by molar-refractivity contribution is 7.89. The van der Waals surface area contributed by atoms with E-state index in [1.54, 1.807) is 12.1 Å². The Labute approximate surface area is 132 Å². The number of nitrogens with one attached hydrogen (secondary N) is 2. The van der Waals surface area contributed by atoms with Crippen LogP contribution in [0, 0.1) is 11.8 Å². The molecular weight excluding hydrogens is 308 g/mol. The maximum Gasteiger partial charge on any atom is 0.242 e. The third kappa shape index (κ3) is 4.68. The van der Waals surface area contributed by atoms with Crippen LogP contribution in [0.15, 0.2) is 23.1 Å². The van der Waals surface area contributed by atoms with Crippen LogP contribution in [-0.2, 0) is 16.6 Å². The summed E-state index contributed by atoms with van der Waals surface area (Å²) in [5.74, 6) is 1.08. The molecule has 1 aliphatic rings. The molecule has 1 aromatic carbocycles. The molecule has 0 spiro atoms. The predicted octanol–water partition coefficient (Wildman–Crippen LogP) is 2.77. The Kier molecular flexibility index (Phi) is 5.66. The van der Waals surface area contributed by atoms with Crippen molar-refractivity contribution in [1.29, 1.82) is 0 Å². The van der Waals surface area contributed by atoms with Gasteiger partial charge in [-0.15, -0.1) is 0 Å². The largest absolute Gasteiger partial charge is 0.313 e. The zero-order chi connectivity index (χ0) is 15.5. The lowest BCUT2D eigenvalue weighted by Gasteiger charge is -2.10. The maximum absolute atomic E-state index is 12.4. The van der Waals surface area contributed by atoms with Crippen LogP contribution < -0.4 is 10.0 Å². The standard InChI is InChI=1S/C15H23ClN2O2S/c1-3-6-17-9-12-4-5-14(16)15(8-12)21(19,20)18-10-13-7-11(13)2/h4-5,8,11,13,17-18H,3,6-7,9-10H2,1-2H3. The van der Waals surface area contributed by atoms with Crippen molar-refractivity contribution in [2.45, 2.75) is 38.1 Å². The number of hydrogen-bond acceptors (Lipinski definition) is 3. The molecule has 0 aliphatic heterocycles. The fourth-order valence-electron chi connectivity index (χ4n) is 2.25. The van der Waals surface area contributed by atoms with Gasteiger partial charge in [0.1, 0.15) is 4.90 Å². The highest BCUT2D eigenvalue weighted by atomic mass is 35.5. The van der Waals surface area contributed by atoms with Gasteiger partial charge >= 0.3 is 0 Å². The lowest BCUT2D eigenvalue weighted by molar-refractivity contribution is 0.574. The van der Waals surface area contributed by atoms with Crippen molar-refractivity contribution in [3.05, 3.63) is 28.8 Å². The van der Waals surface area contributed by atoms with E-state index in [9.17, 15) is 8.42 Å². The lowest BCUT2D eigenvalue weighted by Crippen LogP contribution is -2.26. The number of sulfonamides is 1. The molecule has 1 fully saturated rings. The SMILES string of the molecule is CCCNCc1ccc(Cl)c(S(=O)(=O)NCC2CC2C)c1. The Morgan fingerprint density at radius 3 is 2.71 bits per heavy atom. The van der Waals surface area contributed by atoms with Gasteiger partial charge in [0.05, 0.1) is 5.02 Å². The quantitative estimate of drug-likeness (QED) is 0.721. The average molecular weight is 331 g/mol. The highest BCUT2D eigenvalue weighted by Crippen LogP contribution is 2.37. The van der Waals surface area contributed by atoms with Crippen molar-refractivity contribution in [3.63, 3.8) is 0 Å². The molecule has 1 aromatic rings. The first kappa shape index (κ1) is 16.7. The van der Waals surface area contributed by atoms with Crippen LogP contribution in [0.5, 0.6) is 0 Å². The highest BCUT2D eigenvalue weighted by Gasteiger charge is 2.33. The first-order valence-electron chi connectivity index (χ1n) is 7.43. The van der Waals surface area contributed by atoms with Crippen molar-refractivity contribution >= 4 is 21.6 Å². The molecule has 6 heteroatoms. The van der Waals surface area contributed by atoms with Crippen molar-refractivity contribution in [3.8, 4) is 0 Å². The predicted molar refractivity (Wildman–Crippen MR) is 85.9 cm³/mol. The van der Waals surface area contributed by atoms with E-state index in [0.29, 0.717) is 24.9 Å². The Morgan fingerprint density at radius 1 is 1.38 bits per heavy atom. The third-order valence-electron chi connectivity index (χ3n) is 3.85. The summed E-state index contributed by atoms with van der Waals surface area (Å²) in [4.78, 5) is 0.174. The molecular formula is C15H23ClN2O2S. The molecule has 2 atom stereocenters. The normalized spacial score (nSPS) is 21.5. The zero-order valence-electron chi connectivity index (χ0n) is 12.5. The van der Waals surface area contributed by atoms with Gasteiger partial charge in [0, 0.05) is 13.1 Å². The second kappa shape index (κ2) is 7.09. The van der Waals surface area contributed by atoms with Crippen molar-refractivity contribution in [2.75, 3.05) is 13.1 Å². The van der Waals surface area contributed by atoms with Crippen molar-refractivity contribution in [1.82, 2.24) is 10.0 Å². The Morgan fingerprint density at radius 2 is 2.10 bits per heavy atom. The maximum atomic E-state index is 12.4. The van der Waals surface area contributed by atoms with E-state index in [1.165, 1.54) is 0 Å². The molecule has 0 amide bonds. The number of rotatable bonds is 8. The van der Waals surface area contributed by atoms with Gasteiger partial charge in [0.15, 0.2) is 0 Å². The molecule has 1 saturated carbocycles. The van der Waals surface area contributed by atoms with Crippen LogP contribution in [-0.4, -0.2) is 21.5 Å². The second-order valence-corrected chi connectivity index (χ2v) is 7.91. The summed E-state index contributed by atoms with van der Waals surface area (Å²) < 4.78 is 27.4. The van der Waals surface area contributed by atoms with Crippen LogP contribution in [0.4, 0.5) is 0 Å². The molecule has 2 unspecified atom stereocenters. The molecule has 0 saturated heterocycles. The summed E-state index contributed by atoms with van der Waals surface area (Å²) in [7, 11) is -3.53. The minimum atomic E-state index is -3.53. The van der Waals surface area contributed by atoms with E-state index in [1.807, 2.05) is 6.07 Å². The molecule has 0 bridgehead atoms. The number of benzene rings is 1. The van der Waals surface area contributed by atoms with Gasteiger partial charge in [-0.25, -0.2) is 13.1 Å². The molecule has 2 N–H and O–H groups in total. The first-order chi connectivity index (χ1) is 9.94. The van der Waals surface area contributed by atoms with Crippen molar-refractivity contribution in [2.24, 2.45) is 11.8 Å². The summed E-state index contributed by atoms with van der Waals surface area (Å²) in [5, 5.41) is 3.53. The van der Waals surface area contributed by atoms with Gasteiger partial charge in [0.25, 0.3) is 0 Å². The van der Waals surface area contributed by atoms with E-state index in [4.69, 9.17) is 11.6 Å². The van der Waals surface area contributed by atoms with Crippen LogP contribution in [0.1, 0.15) is 32.3 Å². The smallest absolute Gasteiger partial charge is 0.242 e. The number of halogens is 1. The van der Waals surface area contributed by atoms with Crippen LogP contribution in [0.25, 0.3) is 0 Å². The molecule has 21 heavy (non-hydrogen) atoms. The second-order valence-electron chi connectivity index (χ2n) is 5.77. The number of hydrogen-bond donors (Lipinski definition) is 2. The first-order valence-corrected chi connectivity index (χ1v) is 9.29. The summed E-state index contributed by atoms with van der Waals surface area (Å²) in [6.45, 7) is 6.27. The van der Waals surface area contributed by atoms with E-state index >= 15 is 0 Å². The Balaban J connectivity index is 2.07. The van der Waals surface area contributed by atoms with Gasteiger partial charge in [-0.1, -0.05) is 31.5 Å². The van der Waals surface area contributed by atoms with E-state index < -0.39 is 10.0 Å². The van der Waals surface area contributed by atoms with Crippen LogP contribution >= 0.6 is 11.6 Å². The summed E-state index contributed by atoms with van der Waals surface area (Å²) in [6, 6.07) is 5.16. The Bertz CT molecular complexity index is 589.